The van der Waals surface area contributed by atoms with Crippen LogP contribution < -0.4 is 4.13 Å². The van der Waals surface area contributed by atoms with Crippen molar-refractivity contribution in [3.63, 3.8) is 0 Å². The number of aryl methyl sites for hydroxylation is 2. The van der Waals surface area contributed by atoms with Gasteiger partial charge in [-0.15, -0.1) is 4.13 Å². The summed E-state index contributed by atoms with van der Waals surface area (Å²) in [5.74, 6) is -0.417. The molecule has 0 spiro atoms. The Balaban J connectivity index is 1.77. The third-order valence-electron chi connectivity index (χ3n) is 3.70. The molecule has 25 heavy (non-hydrogen) atoms. The van der Waals surface area contributed by atoms with Gasteiger partial charge in [0.1, 0.15) is 0 Å². The van der Waals surface area contributed by atoms with E-state index < -0.39 is 20.0 Å². The molecule has 2 aromatic rings. The van der Waals surface area contributed by atoms with Crippen molar-refractivity contribution in [2.75, 3.05) is 11.5 Å². The van der Waals surface area contributed by atoms with Gasteiger partial charge in [0.25, 0.3) is 0 Å². The largest absolute Gasteiger partial charge is 0.224 e. The predicted molar refractivity (Wildman–Crippen MR) is 100 cm³/mol. The summed E-state index contributed by atoms with van der Waals surface area (Å²) < 4.78 is 49.8. The quantitative estimate of drug-likeness (QED) is 0.686. The highest BCUT2D eigenvalue weighted by molar-refractivity contribution is 8.04. The van der Waals surface area contributed by atoms with Crippen LogP contribution in [0.3, 0.4) is 0 Å². The first-order valence-corrected chi connectivity index (χ1v) is 11.5. The maximum Gasteiger partial charge on any atom is 0.224 e. The Hall–Kier alpha value is -1.70. The first kappa shape index (κ1) is 19.6. The van der Waals surface area contributed by atoms with Gasteiger partial charge in [-0.25, -0.2) is 16.8 Å². The minimum Gasteiger partial charge on any atom is -0.211 e. The van der Waals surface area contributed by atoms with Gasteiger partial charge in [-0.1, -0.05) is 60.7 Å². The van der Waals surface area contributed by atoms with Gasteiger partial charge in [-0.2, -0.15) is 0 Å². The maximum atomic E-state index is 12.0. The monoisotopic (exact) mass is 381 g/mol. The number of hydrogen-bond donors (Lipinski definition) is 1. The number of nitrogens with one attached hydrogen (secondary N) is 1. The zero-order valence-electron chi connectivity index (χ0n) is 14.0. The predicted octanol–water partition coefficient (Wildman–Crippen LogP) is 2.50. The summed E-state index contributed by atoms with van der Waals surface area (Å²) in [6.45, 7) is 0. The molecule has 0 atom stereocenters. The normalized spacial score (nSPS) is 12.2. The molecule has 0 aliphatic heterocycles. The van der Waals surface area contributed by atoms with E-state index in [2.05, 4.69) is 0 Å². The molecule has 2 aromatic carbocycles. The molecular formula is C18H23NO4S2. The molecule has 0 aromatic heterocycles. The van der Waals surface area contributed by atoms with E-state index in [1.54, 1.807) is 0 Å². The lowest BCUT2D eigenvalue weighted by Crippen LogP contribution is -2.34. The molecule has 0 amide bonds. The van der Waals surface area contributed by atoms with E-state index in [4.69, 9.17) is 0 Å². The van der Waals surface area contributed by atoms with Gasteiger partial charge in [0.15, 0.2) is 0 Å². The molecule has 1 N–H and O–H groups in total. The molecule has 0 unspecified atom stereocenters. The van der Waals surface area contributed by atoms with Crippen molar-refractivity contribution >= 4 is 20.0 Å². The molecule has 0 bridgehead atoms. The van der Waals surface area contributed by atoms with Crippen LogP contribution in [-0.2, 0) is 32.9 Å². The SMILES string of the molecule is O=S(=O)(CCCc1ccccc1)NS(=O)(=O)CCCc1ccccc1. The zero-order valence-corrected chi connectivity index (χ0v) is 15.6. The molecule has 2 rings (SSSR count). The fourth-order valence-electron chi connectivity index (χ4n) is 2.50. The van der Waals surface area contributed by atoms with Gasteiger partial charge in [-0.3, -0.25) is 0 Å². The van der Waals surface area contributed by atoms with Gasteiger partial charge >= 0.3 is 0 Å². The third-order valence-corrected chi connectivity index (χ3v) is 7.38. The summed E-state index contributed by atoms with van der Waals surface area (Å²) in [5.41, 5.74) is 2.06. The summed E-state index contributed by atoms with van der Waals surface area (Å²) in [4.78, 5) is 0. The van der Waals surface area contributed by atoms with Gasteiger partial charge in [-0.05, 0) is 36.8 Å². The molecule has 0 saturated carbocycles. The van der Waals surface area contributed by atoms with Gasteiger partial charge in [0.2, 0.25) is 20.0 Å². The smallest absolute Gasteiger partial charge is 0.211 e. The van der Waals surface area contributed by atoms with Crippen molar-refractivity contribution in [3.05, 3.63) is 71.8 Å². The molecule has 136 valence electrons. The van der Waals surface area contributed by atoms with Crippen LogP contribution in [-0.4, -0.2) is 28.3 Å². The lowest BCUT2D eigenvalue weighted by atomic mass is 10.1. The van der Waals surface area contributed by atoms with Crippen LogP contribution in [0.25, 0.3) is 0 Å². The van der Waals surface area contributed by atoms with E-state index in [0.717, 1.165) is 11.1 Å². The van der Waals surface area contributed by atoms with E-state index in [1.165, 1.54) is 0 Å². The highest BCUT2D eigenvalue weighted by Gasteiger charge is 2.20. The summed E-state index contributed by atoms with van der Waals surface area (Å²) in [6.07, 6.45) is 1.93. The van der Waals surface area contributed by atoms with E-state index in [-0.39, 0.29) is 11.5 Å². The summed E-state index contributed by atoms with van der Waals surface area (Å²) in [7, 11) is -7.68. The first-order valence-electron chi connectivity index (χ1n) is 8.18. The van der Waals surface area contributed by atoms with Crippen LogP contribution >= 0.6 is 0 Å². The topological polar surface area (TPSA) is 80.3 Å². The van der Waals surface area contributed by atoms with Crippen molar-refractivity contribution in [2.24, 2.45) is 0 Å². The van der Waals surface area contributed by atoms with Crippen molar-refractivity contribution in [2.45, 2.75) is 25.7 Å². The molecule has 5 nitrogen and oxygen atoms in total. The Bertz CT molecular complexity index is 775. The Morgan fingerprint density at radius 3 is 1.32 bits per heavy atom. The number of sulfonamides is 2. The van der Waals surface area contributed by atoms with E-state index in [1.807, 2.05) is 64.8 Å². The first-order chi connectivity index (χ1) is 11.9. The van der Waals surface area contributed by atoms with Gasteiger partial charge in [0, 0.05) is 0 Å². The molecule has 0 saturated heterocycles. The lowest BCUT2D eigenvalue weighted by Gasteiger charge is -2.08. The average Bonchev–Trinajstić information content (AvgIpc) is 2.55. The minimum absolute atomic E-state index is 0.209. The average molecular weight is 382 g/mol. The second-order valence-electron chi connectivity index (χ2n) is 5.90. The molecule has 0 aliphatic rings. The van der Waals surface area contributed by atoms with Crippen LogP contribution in [0.5, 0.6) is 0 Å². The van der Waals surface area contributed by atoms with Gasteiger partial charge in [0.05, 0.1) is 11.5 Å². The Labute approximate surface area is 150 Å². The van der Waals surface area contributed by atoms with Crippen LogP contribution in [0.4, 0.5) is 0 Å². The Morgan fingerprint density at radius 2 is 0.960 bits per heavy atom. The molecule has 0 heterocycles. The Morgan fingerprint density at radius 1 is 0.600 bits per heavy atom. The number of rotatable bonds is 10. The fourth-order valence-corrected chi connectivity index (χ4v) is 5.76. The maximum absolute atomic E-state index is 12.0. The summed E-state index contributed by atoms with van der Waals surface area (Å²) >= 11 is 0. The molecule has 0 aliphatic carbocycles. The lowest BCUT2D eigenvalue weighted by molar-refractivity contribution is 0.574. The standard InChI is InChI=1S/C18H23NO4S2/c20-24(21,15-7-13-17-9-3-1-4-10-17)19-25(22,23)16-8-14-18-11-5-2-6-12-18/h1-6,9-12,19H,7-8,13-16H2. The fraction of sp³-hybridized carbons (Fsp3) is 0.333. The van der Waals surface area contributed by atoms with Crippen LogP contribution in [0.1, 0.15) is 24.0 Å². The van der Waals surface area contributed by atoms with Crippen molar-refractivity contribution in [3.8, 4) is 0 Å². The molecule has 0 fully saturated rings. The third kappa shape index (κ3) is 7.81. The van der Waals surface area contributed by atoms with Crippen LogP contribution in [0.15, 0.2) is 60.7 Å². The number of hydrogen-bond acceptors (Lipinski definition) is 4. The van der Waals surface area contributed by atoms with Crippen molar-refractivity contribution in [1.29, 1.82) is 0 Å². The van der Waals surface area contributed by atoms with E-state index in [0.29, 0.717) is 25.7 Å². The van der Waals surface area contributed by atoms with Crippen LogP contribution in [0, 0.1) is 0 Å². The van der Waals surface area contributed by atoms with E-state index >= 15 is 0 Å². The highest BCUT2D eigenvalue weighted by atomic mass is 32.3. The van der Waals surface area contributed by atoms with Crippen molar-refractivity contribution < 1.29 is 16.8 Å². The molecule has 0 radical (unpaired) electrons. The summed E-state index contributed by atoms with van der Waals surface area (Å²) in [6, 6.07) is 19.0. The van der Waals surface area contributed by atoms with Crippen molar-refractivity contribution in [1.82, 2.24) is 4.13 Å². The van der Waals surface area contributed by atoms with Gasteiger partial charge < -0.3 is 0 Å². The van der Waals surface area contributed by atoms with E-state index in [9.17, 15) is 16.8 Å². The second-order valence-corrected chi connectivity index (χ2v) is 9.84. The summed E-state index contributed by atoms with van der Waals surface area (Å²) in [5, 5.41) is 0. The van der Waals surface area contributed by atoms with Crippen LogP contribution in [0.2, 0.25) is 0 Å². The minimum atomic E-state index is -3.84. The molecule has 7 heteroatoms. The highest BCUT2D eigenvalue weighted by Crippen LogP contribution is 2.06. The molecular weight excluding hydrogens is 358 g/mol. The Kier molecular flexibility index (Phi) is 7.16. The zero-order chi connectivity index (χ0) is 18.2. The second kappa shape index (κ2) is 9.12. The number of benzene rings is 2.